The molecule has 1 amide bonds. The van der Waals surface area contributed by atoms with E-state index in [1.165, 1.54) is 11.3 Å². The number of sulfonamides is 1. The molecule has 1 aliphatic rings. The van der Waals surface area contributed by atoms with Gasteiger partial charge in [-0.15, -0.1) is 11.3 Å². The van der Waals surface area contributed by atoms with Crippen LogP contribution in [0, 0.1) is 10.1 Å². The van der Waals surface area contributed by atoms with Gasteiger partial charge < -0.3 is 10.1 Å². The minimum Gasteiger partial charge on any atom is -0.462 e. The van der Waals surface area contributed by atoms with Gasteiger partial charge in [0.05, 0.1) is 22.0 Å². The van der Waals surface area contributed by atoms with Crippen molar-refractivity contribution >= 4 is 43.9 Å². The third-order valence-corrected chi connectivity index (χ3v) is 7.59. The van der Waals surface area contributed by atoms with E-state index in [-0.39, 0.29) is 30.2 Å². The monoisotopic (exact) mass is 481 g/mol. The summed E-state index contributed by atoms with van der Waals surface area (Å²) >= 11 is 1.36. The predicted molar refractivity (Wildman–Crippen MR) is 118 cm³/mol. The molecule has 0 saturated heterocycles. The van der Waals surface area contributed by atoms with Crippen molar-refractivity contribution < 1.29 is 27.7 Å². The fraction of sp³-hybridized carbons (Fsp3) is 0.400. The minimum atomic E-state index is -3.93. The summed E-state index contributed by atoms with van der Waals surface area (Å²) in [5.41, 5.74) is 1.10. The van der Waals surface area contributed by atoms with E-state index in [1.54, 1.807) is 6.92 Å². The Balaban J connectivity index is 1.63. The average molecular weight is 482 g/mol. The first-order valence-electron chi connectivity index (χ1n) is 10.1. The second-order valence-corrected chi connectivity index (χ2v) is 9.95. The maximum absolute atomic E-state index is 12.4. The number of hydrogen-bond acceptors (Lipinski definition) is 8. The lowest BCUT2D eigenvalue weighted by Gasteiger charge is -2.12. The Morgan fingerprint density at radius 2 is 1.88 bits per heavy atom. The zero-order valence-electron chi connectivity index (χ0n) is 17.4. The number of rotatable bonds is 9. The molecule has 2 aromatic rings. The number of nitro groups is 1. The van der Waals surface area contributed by atoms with E-state index in [2.05, 4.69) is 10.0 Å². The molecule has 0 radical (unpaired) electrons. The number of hydrogen-bond donors (Lipinski definition) is 2. The number of amides is 1. The molecule has 0 fully saturated rings. The summed E-state index contributed by atoms with van der Waals surface area (Å²) in [5, 5.41) is 13.8. The summed E-state index contributed by atoms with van der Waals surface area (Å²) in [6, 6.07) is 4.44. The van der Waals surface area contributed by atoms with E-state index in [0.29, 0.717) is 10.6 Å². The highest BCUT2D eigenvalue weighted by molar-refractivity contribution is 7.89. The minimum absolute atomic E-state index is 0.140. The summed E-state index contributed by atoms with van der Waals surface area (Å²) in [5.74, 6) is -0.915. The number of esters is 1. The smallest absolute Gasteiger partial charge is 0.341 e. The molecular weight excluding hydrogens is 458 g/mol. The van der Waals surface area contributed by atoms with Crippen LogP contribution in [0.5, 0.6) is 0 Å². The van der Waals surface area contributed by atoms with Crippen molar-refractivity contribution in [3.8, 4) is 0 Å². The Bertz CT molecular complexity index is 1120. The van der Waals surface area contributed by atoms with Gasteiger partial charge in [0.25, 0.3) is 5.69 Å². The molecule has 1 heterocycles. The number of benzene rings is 1. The first-order chi connectivity index (χ1) is 15.2. The zero-order valence-corrected chi connectivity index (χ0v) is 19.0. The Labute approximate surface area is 189 Å². The number of anilines is 1. The van der Waals surface area contributed by atoms with Crippen molar-refractivity contribution in [2.24, 2.45) is 0 Å². The Kier molecular flexibility index (Phi) is 7.59. The molecule has 0 unspecified atom stereocenters. The second kappa shape index (κ2) is 10.2. The van der Waals surface area contributed by atoms with Crippen molar-refractivity contribution in [1.29, 1.82) is 0 Å². The normalized spacial score (nSPS) is 13.3. The van der Waals surface area contributed by atoms with Crippen LogP contribution >= 0.6 is 11.3 Å². The summed E-state index contributed by atoms with van der Waals surface area (Å²) in [6.45, 7) is 1.76. The summed E-state index contributed by atoms with van der Waals surface area (Å²) < 4.78 is 32.1. The maximum Gasteiger partial charge on any atom is 0.341 e. The summed E-state index contributed by atoms with van der Waals surface area (Å²) in [7, 11) is -3.93. The molecule has 12 heteroatoms. The van der Waals surface area contributed by atoms with Gasteiger partial charge in [0.1, 0.15) is 5.00 Å². The number of nitrogens with one attached hydrogen (secondary N) is 2. The van der Waals surface area contributed by atoms with Crippen LogP contribution in [0.25, 0.3) is 0 Å². The number of carbonyl (C=O) groups is 2. The Morgan fingerprint density at radius 3 is 2.53 bits per heavy atom. The lowest BCUT2D eigenvalue weighted by Crippen LogP contribution is -2.28. The number of thiophene rings is 1. The molecular formula is C20H23N3O7S2. The van der Waals surface area contributed by atoms with Gasteiger partial charge in [-0.2, -0.15) is 0 Å². The molecule has 0 spiro atoms. The zero-order chi connectivity index (χ0) is 23.3. The molecule has 2 N–H and O–H groups in total. The lowest BCUT2D eigenvalue weighted by atomic mass is 9.95. The van der Waals surface area contributed by atoms with E-state index in [0.717, 1.165) is 60.4 Å². The molecule has 0 bridgehead atoms. The van der Waals surface area contributed by atoms with Crippen LogP contribution in [0.2, 0.25) is 0 Å². The molecule has 0 atom stereocenters. The quantitative estimate of drug-likeness (QED) is 0.318. The number of carbonyl (C=O) groups excluding carboxylic acids is 2. The molecule has 1 aliphatic carbocycles. The maximum atomic E-state index is 12.4. The van der Waals surface area contributed by atoms with Crippen molar-refractivity contribution in [2.45, 2.75) is 43.9 Å². The van der Waals surface area contributed by atoms with E-state index < -0.39 is 26.8 Å². The van der Waals surface area contributed by atoms with Gasteiger partial charge in [-0.05, 0) is 50.3 Å². The first kappa shape index (κ1) is 23.8. The number of ether oxygens (including phenoxy) is 1. The van der Waals surface area contributed by atoms with Crippen molar-refractivity contribution in [3.63, 3.8) is 0 Å². The van der Waals surface area contributed by atoms with Crippen LogP contribution < -0.4 is 10.0 Å². The van der Waals surface area contributed by atoms with Gasteiger partial charge in [-0.3, -0.25) is 14.9 Å². The van der Waals surface area contributed by atoms with Gasteiger partial charge in [0.15, 0.2) is 0 Å². The molecule has 1 aromatic carbocycles. The molecule has 32 heavy (non-hydrogen) atoms. The highest BCUT2D eigenvalue weighted by Crippen LogP contribution is 2.38. The van der Waals surface area contributed by atoms with Crippen LogP contribution in [0.15, 0.2) is 29.2 Å². The highest BCUT2D eigenvalue weighted by atomic mass is 32.2. The Hall–Kier alpha value is -2.83. The average Bonchev–Trinajstić information content (AvgIpc) is 3.11. The number of aryl methyl sites for hydroxylation is 1. The lowest BCUT2D eigenvalue weighted by molar-refractivity contribution is -0.384. The van der Waals surface area contributed by atoms with E-state index in [1.807, 2.05) is 0 Å². The van der Waals surface area contributed by atoms with E-state index in [4.69, 9.17) is 4.74 Å². The van der Waals surface area contributed by atoms with E-state index in [9.17, 15) is 28.1 Å². The molecule has 1 aromatic heterocycles. The molecule has 0 saturated carbocycles. The molecule has 10 nitrogen and oxygen atoms in total. The van der Waals surface area contributed by atoms with Crippen LogP contribution in [0.3, 0.4) is 0 Å². The van der Waals surface area contributed by atoms with Gasteiger partial charge >= 0.3 is 5.97 Å². The van der Waals surface area contributed by atoms with Gasteiger partial charge in [-0.1, -0.05) is 0 Å². The topological polar surface area (TPSA) is 145 Å². The van der Waals surface area contributed by atoms with Gasteiger partial charge in [0, 0.05) is 30.0 Å². The Morgan fingerprint density at radius 1 is 1.19 bits per heavy atom. The van der Waals surface area contributed by atoms with Crippen molar-refractivity contribution in [2.75, 3.05) is 18.5 Å². The van der Waals surface area contributed by atoms with E-state index >= 15 is 0 Å². The van der Waals surface area contributed by atoms with Gasteiger partial charge in [0.2, 0.25) is 15.9 Å². The second-order valence-electron chi connectivity index (χ2n) is 7.08. The fourth-order valence-electron chi connectivity index (χ4n) is 3.39. The molecule has 0 aliphatic heterocycles. The number of non-ortho nitro benzene ring substituents is 1. The molecule has 172 valence electrons. The van der Waals surface area contributed by atoms with Crippen LogP contribution in [-0.4, -0.2) is 38.4 Å². The van der Waals surface area contributed by atoms with Crippen molar-refractivity contribution in [1.82, 2.24) is 4.72 Å². The van der Waals surface area contributed by atoms with Crippen molar-refractivity contribution in [3.05, 3.63) is 50.4 Å². The predicted octanol–water partition coefficient (Wildman–Crippen LogP) is 3.02. The third kappa shape index (κ3) is 5.50. The SMILES string of the molecule is CCOC(=O)c1c(NC(=O)CCNS(=O)(=O)c2ccc([N+](=O)[O-])cc2)sc2c1CCCC2. The number of nitro benzene ring substituents is 1. The number of nitrogens with zero attached hydrogens (tertiary/aromatic N) is 1. The molecule has 3 rings (SSSR count). The van der Waals surface area contributed by atoms with Gasteiger partial charge in [-0.25, -0.2) is 17.9 Å². The van der Waals surface area contributed by atoms with Crippen LogP contribution in [-0.2, 0) is 32.4 Å². The summed E-state index contributed by atoms with van der Waals surface area (Å²) in [6.07, 6.45) is 3.43. The largest absolute Gasteiger partial charge is 0.462 e. The standard InChI is InChI=1S/C20H23N3O7S2/c1-2-30-20(25)18-15-5-3-4-6-16(15)31-19(18)22-17(24)11-12-21-32(28,29)14-9-7-13(8-10-14)23(26)27/h7-10,21H,2-6,11-12H2,1H3,(H,22,24). The fourth-order valence-corrected chi connectivity index (χ4v) is 5.72. The summed E-state index contributed by atoms with van der Waals surface area (Å²) in [4.78, 5) is 35.9. The first-order valence-corrected chi connectivity index (χ1v) is 12.4. The van der Waals surface area contributed by atoms with Crippen LogP contribution in [0.1, 0.15) is 47.0 Å². The third-order valence-electron chi connectivity index (χ3n) is 4.91. The number of fused-ring (bicyclic) bond motifs is 1. The highest BCUT2D eigenvalue weighted by Gasteiger charge is 2.27. The van der Waals surface area contributed by atoms with Crippen LogP contribution in [0.4, 0.5) is 10.7 Å².